The highest BCUT2D eigenvalue weighted by molar-refractivity contribution is 8.00. The summed E-state index contributed by atoms with van der Waals surface area (Å²) in [4.78, 5) is 19.3. The zero-order valence-electron chi connectivity index (χ0n) is 15.0. The van der Waals surface area contributed by atoms with Crippen LogP contribution in [0, 0.1) is 0 Å². The number of para-hydroxylation sites is 2. The van der Waals surface area contributed by atoms with Crippen LogP contribution in [0.1, 0.15) is 0 Å². The van der Waals surface area contributed by atoms with Crippen LogP contribution in [0.5, 0.6) is 0 Å². The molecule has 138 valence electrons. The topological polar surface area (TPSA) is 42.0 Å². The number of fused-ring (bicyclic) bond motifs is 1. The van der Waals surface area contributed by atoms with Crippen LogP contribution in [0.15, 0.2) is 106 Å². The fourth-order valence-corrected chi connectivity index (χ4v) is 4.33. The molecule has 5 heteroatoms. The van der Waals surface area contributed by atoms with Gasteiger partial charge in [-0.25, -0.2) is 4.98 Å². The molecule has 0 spiro atoms. The van der Waals surface area contributed by atoms with Gasteiger partial charge < -0.3 is 5.32 Å². The van der Waals surface area contributed by atoms with E-state index in [1.807, 2.05) is 78.9 Å². The number of hydrogen-bond donors (Lipinski definition) is 1. The molecular formula is C23H18N2OS2. The van der Waals surface area contributed by atoms with Crippen molar-refractivity contribution < 1.29 is 4.79 Å². The molecular weight excluding hydrogens is 384 g/mol. The average molecular weight is 403 g/mol. The first-order valence-corrected chi connectivity index (χ1v) is 10.7. The number of amides is 1. The van der Waals surface area contributed by atoms with Crippen molar-refractivity contribution in [2.75, 3.05) is 11.1 Å². The van der Waals surface area contributed by atoms with E-state index in [-0.39, 0.29) is 5.91 Å². The molecule has 28 heavy (non-hydrogen) atoms. The van der Waals surface area contributed by atoms with E-state index < -0.39 is 0 Å². The molecule has 4 rings (SSSR count). The summed E-state index contributed by atoms with van der Waals surface area (Å²) in [6.45, 7) is 0. The van der Waals surface area contributed by atoms with Crippen LogP contribution in [0.2, 0.25) is 0 Å². The van der Waals surface area contributed by atoms with Crippen molar-refractivity contribution >= 4 is 46.0 Å². The van der Waals surface area contributed by atoms with E-state index in [0.717, 1.165) is 31.4 Å². The first-order chi connectivity index (χ1) is 13.8. The molecule has 0 aliphatic carbocycles. The molecule has 1 amide bonds. The first kappa shape index (κ1) is 18.6. The van der Waals surface area contributed by atoms with E-state index >= 15 is 0 Å². The Morgan fingerprint density at radius 2 is 1.57 bits per heavy atom. The van der Waals surface area contributed by atoms with E-state index in [1.54, 1.807) is 11.8 Å². The lowest BCUT2D eigenvalue weighted by Crippen LogP contribution is -2.14. The molecule has 0 radical (unpaired) electrons. The normalized spacial score (nSPS) is 10.7. The van der Waals surface area contributed by atoms with Crippen molar-refractivity contribution in [3.8, 4) is 0 Å². The lowest BCUT2D eigenvalue weighted by Gasteiger charge is -2.10. The van der Waals surface area contributed by atoms with E-state index in [0.29, 0.717) is 5.75 Å². The second-order valence-corrected chi connectivity index (χ2v) is 8.20. The van der Waals surface area contributed by atoms with E-state index in [9.17, 15) is 4.79 Å². The number of nitrogens with one attached hydrogen (secondary N) is 1. The maximum Gasteiger partial charge on any atom is 0.234 e. The zero-order valence-corrected chi connectivity index (χ0v) is 16.7. The second kappa shape index (κ2) is 8.95. The number of anilines is 1. The maximum atomic E-state index is 12.5. The third-order valence-corrected chi connectivity index (χ3v) is 6.07. The number of nitrogens with zero attached hydrogens (tertiary/aromatic N) is 1. The van der Waals surface area contributed by atoms with Gasteiger partial charge in [-0.05, 0) is 36.4 Å². The Labute approximate surface area is 172 Å². The molecule has 4 aromatic rings. The summed E-state index contributed by atoms with van der Waals surface area (Å²) in [5.74, 6) is 0.274. The molecule has 1 heterocycles. The largest absolute Gasteiger partial charge is 0.324 e. The predicted molar refractivity (Wildman–Crippen MR) is 118 cm³/mol. The fourth-order valence-electron chi connectivity index (χ4n) is 2.73. The molecule has 0 saturated carbocycles. The number of thioether (sulfide) groups is 1. The van der Waals surface area contributed by atoms with Crippen LogP contribution in [0.4, 0.5) is 5.69 Å². The highest BCUT2D eigenvalue weighted by atomic mass is 32.2. The Morgan fingerprint density at radius 1 is 0.821 bits per heavy atom. The molecule has 1 aromatic heterocycles. The average Bonchev–Trinajstić information content (AvgIpc) is 2.74. The molecule has 1 N–H and O–H groups in total. The van der Waals surface area contributed by atoms with Crippen LogP contribution in [-0.4, -0.2) is 16.6 Å². The summed E-state index contributed by atoms with van der Waals surface area (Å²) in [5, 5.41) is 4.98. The molecule has 0 atom stereocenters. The van der Waals surface area contributed by atoms with Gasteiger partial charge in [-0.15, -0.1) is 0 Å². The number of rotatable bonds is 6. The highest BCUT2D eigenvalue weighted by Gasteiger charge is 2.09. The summed E-state index contributed by atoms with van der Waals surface area (Å²) < 4.78 is 0. The molecule has 0 aliphatic rings. The minimum atomic E-state index is -0.0407. The summed E-state index contributed by atoms with van der Waals surface area (Å²) in [6.07, 6.45) is 0. The third-order valence-electron chi connectivity index (χ3n) is 4.06. The van der Waals surface area contributed by atoms with Gasteiger partial charge in [0.1, 0.15) is 0 Å². The molecule has 0 unspecified atom stereocenters. The SMILES string of the molecule is O=C(CSc1ccc2ccccc2n1)Nc1ccccc1Sc1ccccc1. The van der Waals surface area contributed by atoms with Gasteiger partial charge in [0.25, 0.3) is 0 Å². The van der Waals surface area contributed by atoms with Crippen molar-refractivity contribution in [1.29, 1.82) is 0 Å². The number of aromatic nitrogens is 1. The highest BCUT2D eigenvalue weighted by Crippen LogP contribution is 2.33. The summed E-state index contributed by atoms with van der Waals surface area (Å²) in [7, 11) is 0. The minimum Gasteiger partial charge on any atom is -0.324 e. The minimum absolute atomic E-state index is 0.0407. The molecule has 3 nitrogen and oxygen atoms in total. The van der Waals surface area contributed by atoms with E-state index in [1.165, 1.54) is 11.8 Å². The van der Waals surface area contributed by atoms with Gasteiger partial charge in [0.05, 0.1) is 22.0 Å². The van der Waals surface area contributed by atoms with Crippen molar-refractivity contribution in [3.63, 3.8) is 0 Å². The van der Waals surface area contributed by atoms with Crippen LogP contribution in [0.3, 0.4) is 0 Å². The van der Waals surface area contributed by atoms with Gasteiger partial charge >= 0.3 is 0 Å². The number of pyridine rings is 1. The van der Waals surface area contributed by atoms with E-state index in [4.69, 9.17) is 0 Å². The molecule has 0 bridgehead atoms. The first-order valence-electron chi connectivity index (χ1n) is 8.88. The van der Waals surface area contributed by atoms with Crippen molar-refractivity contribution in [1.82, 2.24) is 4.98 Å². The van der Waals surface area contributed by atoms with Crippen LogP contribution in [0.25, 0.3) is 10.9 Å². The molecule has 3 aromatic carbocycles. The molecule has 0 aliphatic heterocycles. The Bertz CT molecular complexity index is 1100. The zero-order chi connectivity index (χ0) is 19.2. The van der Waals surface area contributed by atoms with Crippen molar-refractivity contribution in [2.24, 2.45) is 0 Å². The van der Waals surface area contributed by atoms with Gasteiger partial charge in [-0.1, -0.05) is 78.1 Å². The van der Waals surface area contributed by atoms with Crippen LogP contribution in [-0.2, 0) is 4.79 Å². The fraction of sp³-hybridized carbons (Fsp3) is 0.0435. The van der Waals surface area contributed by atoms with E-state index in [2.05, 4.69) is 22.4 Å². The quantitative estimate of drug-likeness (QED) is 0.395. The van der Waals surface area contributed by atoms with Crippen molar-refractivity contribution in [3.05, 3.63) is 91.0 Å². The standard InChI is InChI=1S/C23H18N2OS2/c26-22(16-27-23-15-14-17-8-4-5-11-19(17)25-23)24-20-12-6-7-13-21(20)28-18-9-2-1-3-10-18/h1-15H,16H2,(H,24,26). The summed E-state index contributed by atoms with van der Waals surface area (Å²) in [6, 6.07) is 30.0. The number of benzene rings is 3. The molecule has 0 saturated heterocycles. The van der Waals surface area contributed by atoms with Crippen LogP contribution >= 0.6 is 23.5 Å². The number of carbonyl (C=O) groups is 1. The smallest absolute Gasteiger partial charge is 0.234 e. The Kier molecular flexibility index (Phi) is 5.95. The Hall–Kier alpha value is -2.76. The Morgan fingerprint density at radius 3 is 2.46 bits per heavy atom. The lowest BCUT2D eigenvalue weighted by atomic mass is 10.2. The van der Waals surface area contributed by atoms with Gasteiger partial charge in [0.15, 0.2) is 0 Å². The van der Waals surface area contributed by atoms with Gasteiger partial charge in [0.2, 0.25) is 5.91 Å². The van der Waals surface area contributed by atoms with Gasteiger partial charge in [-0.2, -0.15) is 0 Å². The van der Waals surface area contributed by atoms with Crippen LogP contribution < -0.4 is 5.32 Å². The van der Waals surface area contributed by atoms with Crippen molar-refractivity contribution in [2.45, 2.75) is 14.8 Å². The maximum absolute atomic E-state index is 12.5. The lowest BCUT2D eigenvalue weighted by molar-refractivity contribution is -0.113. The summed E-state index contributed by atoms with van der Waals surface area (Å²) >= 11 is 3.08. The third kappa shape index (κ3) is 4.74. The molecule has 0 fully saturated rings. The van der Waals surface area contributed by atoms with Gasteiger partial charge in [0, 0.05) is 15.2 Å². The number of carbonyl (C=O) groups excluding carboxylic acids is 1. The van der Waals surface area contributed by atoms with Gasteiger partial charge in [-0.3, -0.25) is 4.79 Å². The number of hydrogen-bond acceptors (Lipinski definition) is 4. The predicted octanol–water partition coefficient (Wildman–Crippen LogP) is 6.12. The Balaban J connectivity index is 1.41. The summed E-state index contributed by atoms with van der Waals surface area (Å²) in [5.41, 5.74) is 1.77. The monoisotopic (exact) mass is 402 g/mol. The second-order valence-electron chi connectivity index (χ2n) is 6.09.